The van der Waals surface area contributed by atoms with Gasteiger partial charge in [-0.25, -0.2) is 17.9 Å². The highest BCUT2D eigenvalue weighted by atomic mass is 32.2. The first-order valence-corrected chi connectivity index (χ1v) is 10.3. The van der Waals surface area contributed by atoms with E-state index in [-0.39, 0.29) is 10.7 Å². The molecule has 8 heteroatoms. The zero-order valence-electron chi connectivity index (χ0n) is 15.3. The van der Waals surface area contributed by atoms with Crippen LogP contribution in [0.1, 0.15) is 18.1 Å². The molecule has 0 heterocycles. The van der Waals surface area contributed by atoms with Crippen LogP contribution in [0.4, 0.5) is 4.39 Å². The Hall–Kier alpha value is -2.45. The van der Waals surface area contributed by atoms with E-state index in [1.165, 1.54) is 24.3 Å². The van der Waals surface area contributed by atoms with Gasteiger partial charge in [-0.15, -0.1) is 0 Å². The second-order valence-electron chi connectivity index (χ2n) is 6.01. The molecule has 0 amide bonds. The summed E-state index contributed by atoms with van der Waals surface area (Å²) < 4.78 is 35.7. The van der Waals surface area contributed by atoms with Crippen LogP contribution >= 0.6 is 0 Å². The molecular weight excluding hydrogens is 367 g/mol. The van der Waals surface area contributed by atoms with Gasteiger partial charge in [-0.3, -0.25) is 4.99 Å². The summed E-state index contributed by atoms with van der Waals surface area (Å²) in [6.45, 7) is 3.90. The maximum absolute atomic E-state index is 13.2. The maximum Gasteiger partial charge on any atom is 0.238 e. The van der Waals surface area contributed by atoms with Crippen molar-refractivity contribution >= 4 is 16.0 Å². The van der Waals surface area contributed by atoms with Crippen LogP contribution in [0.3, 0.4) is 0 Å². The van der Waals surface area contributed by atoms with Gasteiger partial charge in [0.25, 0.3) is 0 Å². The molecular formula is C19H25FN4O2S. The van der Waals surface area contributed by atoms with Crippen molar-refractivity contribution in [1.29, 1.82) is 0 Å². The highest BCUT2D eigenvalue weighted by Crippen LogP contribution is 2.09. The van der Waals surface area contributed by atoms with E-state index in [1.54, 1.807) is 18.2 Å². The summed E-state index contributed by atoms with van der Waals surface area (Å²) >= 11 is 0. The number of nitrogens with zero attached hydrogens (tertiary/aromatic N) is 1. The fraction of sp³-hybridized carbons (Fsp3) is 0.316. The van der Waals surface area contributed by atoms with Gasteiger partial charge in [0.15, 0.2) is 5.96 Å². The molecule has 2 aromatic carbocycles. The molecule has 0 aliphatic carbocycles. The van der Waals surface area contributed by atoms with E-state index in [2.05, 4.69) is 15.6 Å². The summed E-state index contributed by atoms with van der Waals surface area (Å²) in [6, 6.07) is 13.0. The van der Waals surface area contributed by atoms with Crippen molar-refractivity contribution < 1.29 is 12.8 Å². The van der Waals surface area contributed by atoms with Crippen LogP contribution in [0.5, 0.6) is 0 Å². The van der Waals surface area contributed by atoms with Gasteiger partial charge in [0.05, 0.1) is 4.90 Å². The van der Waals surface area contributed by atoms with E-state index < -0.39 is 10.0 Å². The molecule has 2 rings (SSSR count). The van der Waals surface area contributed by atoms with Gasteiger partial charge in [-0.05, 0) is 55.2 Å². The van der Waals surface area contributed by atoms with E-state index in [9.17, 15) is 12.8 Å². The molecule has 0 unspecified atom stereocenters. The molecule has 0 atom stereocenters. The molecule has 0 radical (unpaired) electrons. The van der Waals surface area contributed by atoms with Crippen LogP contribution in [0.15, 0.2) is 58.4 Å². The van der Waals surface area contributed by atoms with Gasteiger partial charge in [0.2, 0.25) is 10.0 Å². The van der Waals surface area contributed by atoms with Gasteiger partial charge in [0, 0.05) is 19.6 Å². The van der Waals surface area contributed by atoms with E-state index in [4.69, 9.17) is 5.14 Å². The van der Waals surface area contributed by atoms with Crippen LogP contribution in [-0.2, 0) is 22.9 Å². The third-order valence-corrected chi connectivity index (χ3v) is 4.79. The largest absolute Gasteiger partial charge is 0.357 e. The predicted octanol–water partition coefficient (Wildman–Crippen LogP) is 1.81. The Bertz CT molecular complexity index is 868. The lowest BCUT2D eigenvalue weighted by Gasteiger charge is -2.11. The fourth-order valence-electron chi connectivity index (χ4n) is 2.50. The first-order chi connectivity index (χ1) is 12.9. The summed E-state index contributed by atoms with van der Waals surface area (Å²) in [6.07, 6.45) is 1.36. The Morgan fingerprint density at radius 1 is 1.07 bits per heavy atom. The topological polar surface area (TPSA) is 96.6 Å². The van der Waals surface area contributed by atoms with Crippen molar-refractivity contribution in [3.63, 3.8) is 0 Å². The molecule has 0 aliphatic heterocycles. The number of guanidine groups is 1. The average Bonchev–Trinajstić information content (AvgIpc) is 2.61. The second-order valence-corrected chi connectivity index (χ2v) is 7.57. The van der Waals surface area contributed by atoms with Crippen molar-refractivity contribution in [3.05, 3.63) is 65.5 Å². The zero-order valence-corrected chi connectivity index (χ0v) is 16.1. The van der Waals surface area contributed by atoms with Crippen molar-refractivity contribution in [1.82, 2.24) is 10.6 Å². The van der Waals surface area contributed by atoms with Gasteiger partial charge in [0.1, 0.15) is 5.82 Å². The lowest BCUT2D eigenvalue weighted by molar-refractivity contribution is 0.597. The van der Waals surface area contributed by atoms with Crippen molar-refractivity contribution in [2.45, 2.75) is 24.7 Å². The number of benzene rings is 2. The van der Waals surface area contributed by atoms with Gasteiger partial charge >= 0.3 is 0 Å². The van der Waals surface area contributed by atoms with E-state index >= 15 is 0 Å². The number of hydrogen-bond acceptors (Lipinski definition) is 3. The predicted molar refractivity (Wildman–Crippen MR) is 106 cm³/mol. The molecule has 0 saturated heterocycles. The lowest BCUT2D eigenvalue weighted by Crippen LogP contribution is -2.38. The number of primary sulfonamides is 1. The van der Waals surface area contributed by atoms with E-state index in [0.717, 1.165) is 17.7 Å². The molecule has 6 nitrogen and oxygen atoms in total. The number of halogens is 1. The minimum atomic E-state index is -3.67. The minimum Gasteiger partial charge on any atom is -0.357 e. The third kappa shape index (κ3) is 7.36. The van der Waals surface area contributed by atoms with Crippen molar-refractivity contribution in [3.8, 4) is 0 Å². The number of sulfonamides is 1. The molecule has 0 fully saturated rings. The Kier molecular flexibility index (Phi) is 7.75. The molecule has 4 N–H and O–H groups in total. The normalized spacial score (nSPS) is 12.0. The van der Waals surface area contributed by atoms with Crippen LogP contribution in [0.2, 0.25) is 0 Å². The average molecular weight is 393 g/mol. The lowest BCUT2D eigenvalue weighted by atomic mass is 10.1. The van der Waals surface area contributed by atoms with Crippen LogP contribution in [0.25, 0.3) is 0 Å². The second kappa shape index (κ2) is 10.0. The quantitative estimate of drug-likeness (QED) is 0.472. The van der Waals surface area contributed by atoms with Crippen LogP contribution < -0.4 is 15.8 Å². The highest BCUT2D eigenvalue weighted by Gasteiger charge is 2.06. The summed E-state index contributed by atoms with van der Waals surface area (Å²) in [5, 5.41) is 11.5. The van der Waals surface area contributed by atoms with Gasteiger partial charge in [-0.2, -0.15) is 0 Å². The van der Waals surface area contributed by atoms with Crippen molar-refractivity contribution in [2.75, 3.05) is 19.6 Å². The molecule has 0 saturated carbocycles. The van der Waals surface area contributed by atoms with E-state index in [1.807, 2.05) is 13.0 Å². The Labute approximate surface area is 159 Å². The summed E-state index contributed by atoms with van der Waals surface area (Å²) in [4.78, 5) is 4.61. The Morgan fingerprint density at radius 3 is 2.44 bits per heavy atom. The molecule has 0 aromatic heterocycles. The number of nitrogens with one attached hydrogen (secondary N) is 2. The molecule has 0 spiro atoms. The fourth-order valence-corrected chi connectivity index (χ4v) is 3.02. The number of aliphatic imine (C=N–C) groups is 1. The summed E-state index contributed by atoms with van der Waals surface area (Å²) in [5.74, 6) is 0.455. The van der Waals surface area contributed by atoms with E-state index in [0.29, 0.717) is 31.9 Å². The van der Waals surface area contributed by atoms with Crippen molar-refractivity contribution in [2.24, 2.45) is 10.1 Å². The molecule has 27 heavy (non-hydrogen) atoms. The number of rotatable bonds is 8. The van der Waals surface area contributed by atoms with Crippen LogP contribution in [-0.4, -0.2) is 34.0 Å². The first-order valence-electron chi connectivity index (χ1n) is 8.77. The summed E-state index contributed by atoms with van der Waals surface area (Å²) in [5.41, 5.74) is 1.90. The Balaban J connectivity index is 1.85. The summed E-state index contributed by atoms with van der Waals surface area (Å²) in [7, 11) is -3.67. The van der Waals surface area contributed by atoms with Gasteiger partial charge < -0.3 is 10.6 Å². The standard InChI is InChI=1S/C19H25FN4O2S/c1-2-22-19(24-13-11-16-4-3-5-17(20)14-16)23-12-10-15-6-8-18(9-7-15)27(21,25)26/h3-9,14H,2,10-13H2,1H3,(H2,21,25,26)(H2,22,23,24). The maximum atomic E-state index is 13.2. The smallest absolute Gasteiger partial charge is 0.238 e. The van der Waals surface area contributed by atoms with Crippen LogP contribution in [0, 0.1) is 5.82 Å². The minimum absolute atomic E-state index is 0.0992. The molecule has 146 valence electrons. The van der Waals surface area contributed by atoms with Gasteiger partial charge in [-0.1, -0.05) is 24.3 Å². The molecule has 0 bridgehead atoms. The molecule has 2 aromatic rings. The molecule has 0 aliphatic rings. The first kappa shape index (κ1) is 20.9. The Morgan fingerprint density at radius 2 is 1.81 bits per heavy atom. The monoisotopic (exact) mass is 392 g/mol. The highest BCUT2D eigenvalue weighted by molar-refractivity contribution is 7.89. The zero-order chi connectivity index (χ0) is 19.7. The third-order valence-electron chi connectivity index (χ3n) is 3.86. The number of hydrogen-bond donors (Lipinski definition) is 3. The SMILES string of the molecule is CCNC(=NCCc1ccc(S(N)(=O)=O)cc1)NCCc1cccc(F)c1. The number of nitrogens with two attached hydrogens (primary N) is 1.